The zero-order valence-electron chi connectivity index (χ0n) is 38.5. The summed E-state index contributed by atoms with van der Waals surface area (Å²) in [7, 11) is -5.12. The second-order valence-electron chi connectivity index (χ2n) is 17.2. The predicted molar refractivity (Wildman–Crippen MR) is 247 cm³/mol. The first-order valence-corrected chi connectivity index (χ1v) is 25.8. The van der Waals surface area contributed by atoms with Crippen LogP contribution in [-0.4, -0.2) is 107 Å². The second-order valence-corrected chi connectivity index (χ2v) is 18.2. The van der Waals surface area contributed by atoms with Gasteiger partial charge < -0.3 is 40.3 Å². The zero-order chi connectivity index (χ0) is 45.7. The molecule has 0 radical (unpaired) electrons. The number of nitrogens with one attached hydrogen (secondary N) is 1. The fraction of sp³-hybridized carbons (Fsp3) is 0.854. The minimum absolute atomic E-state index is 0.236. The fourth-order valence-corrected chi connectivity index (χ4v) is 8.12. The molecule has 8 atom stereocenters. The molecule has 1 aliphatic heterocycles. The number of aliphatic hydroxyl groups is 5. The molecule has 1 aliphatic rings. The summed E-state index contributed by atoms with van der Waals surface area (Å²) in [5, 5.41) is 55.2. The van der Waals surface area contributed by atoms with Gasteiger partial charge in [0.15, 0.2) is 6.29 Å². The molecular weight excluding hydrogens is 815 g/mol. The third kappa shape index (κ3) is 30.4. The van der Waals surface area contributed by atoms with Gasteiger partial charge in [0, 0.05) is 0 Å². The van der Waals surface area contributed by atoms with Crippen LogP contribution >= 0.6 is 0 Å². The summed E-state index contributed by atoms with van der Waals surface area (Å²) in [6, 6.07) is -1.14. The molecule has 0 aromatic heterocycles. The molecular formula is C48H89NO12S. The largest absolute Gasteiger partial charge is 0.397 e. The summed E-state index contributed by atoms with van der Waals surface area (Å²) in [4.78, 5) is 13.1. The first-order chi connectivity index (χ1) is 29.9. The van der Waals surface area contributed by atoms with Gasteiger partial charge in [-0.25, -0.2) is 4.18 Å². The molecule has 0 bridgehead atoms. The number of hydrogen-bond donors (Lipinski definition) is 7. The average molecular weight is 904 g/mol. The van der Waals surface area contributed by atoms with Gasteiger partial charge in [0.25, 0.3) is 0 Å². The molecule has 7 N–H and O–H groups in total. The molecule has 1 heterocycles. The van der Waals surface area contributed by atoms with Crippen molar-refractivity contribution in [2.45, 2.75) is 249 Å². The van der Waals surface area contributed by atoms with E-state index in [1.807, 2.05) is 0 Å². The van der Waals surface area contributed by atoms with Crippen LogP contribution in [0.2, 0.25) is 0 Å². The van der Waals surface area contributed by atoms with Crippen molar-refractivity contribution in [3.05, 3.63) is 36.5 Å². The molecule has 14 heteroatoms. The van der Waals surface area contributed by atoms with Crippen molar-refractivity contribution in [3.63, 3.8) is 0 Å². The summed E-state index contributed by atoms with van der Waals surface area (Å²) in [6.07, 6.45) is 33.7. The van der Waals surface area contributed by atoms with Gasteiger partial charge in [0.1, 0.15) is 30.5 Å². The first-order valence-electron chi connectivity index (χ1n) is 24.5. The Balaban J connectivity index is 2.60. The maximum absolute atomic E-state index is 13.1. The Morgan fingerprint density at radius 2 is 1.08 bits per heavy atom. The van der Waals surface area contributed by atoms with E-state index in [1.54, 1.807) is 6.08 Å². The highest BCUT2D eigenvalue weighted by molar-refractivity contribution is 7.80. The number of rotatable bonds is 41. The number of amides is 1. The number of aliphatic hydroxyl groups excluding tert-OH is 5. The second kappa shape index (κ2) is 38.5. The number of hydrogen-bond acceptors (Lipinski definition) is 11. The van der Waals surface area contributed by atoms with Crippen LogP contribution in [0.3, 0.4) is 0 Å². The molecule has 1 rings (SSSR count). The summed E-state index contributed by atoms with van der Waals surface area (Å²) in [5.74, 6) is -0.716. The number of allylic oxidation sites excluding steroid dienone is 5. The Morgan fingerprint density at radius 3 is 1.55 bits per heavy atom. The van der Waals surface area contributed by atoms with E-state index in [0.717, 1.165) is 44.9 Å². The Kier molecular flexibility index (Phi) is 36.2. The van der Waals surface area contributed by atoms with Gasteiger partial charge in [0.05, 0.1) is 25.4 Å². The van der Waals surface area contributed by atoms with Crippen LogP contribution in [0.4, 0.5) is 0 Å². The molecule has 1 amide bonds. The van der Waals surface area contributed by atoms with Crippen LogP contribution in [0.25, 0.3) is 0 Å². The maximum Gasteiger partial charge on any atom is 0.397 e. The number of unbranched alkanes of at least 4 members (excludes halogenated alkanes) is 24. The maximum atomic E-state index is 13.1. The van der Waals surface area contributed by atoms with Crippen molar-refractivity contribution in [2.24, 2.45) is 0 Å². The van der Waals surface area contributed by atoms with Crippen molar-refractivity contribution in [3.8, 4) is 0 Å². The first kappa shape index (κ1) is 58.3. The SMILES string of the molecule is CCCCCCCCCCC/C=C/CC/C=C/CC/C=C/C(O)C(COC1OC(CO)C(O)C(OS(=O)(=O)O)C1O)NC(=O)C(O)CCCCCCCCCCCCCCCC. The normalized spacial score (nSPS) is 21.3. The highest BCUT2D eigenvalue weighted by Gasteiger charge is 2.48. The molecule has 0 spiro atoms. The molecule has 62 heavy (non-hydrogen) atoms. The third-order valence-corrected chi connectivity index (χ3v) is 12.0. The fourth-order valence-electron chi connectivity index (χ4n) is 7.61. The van der Waals surface area contributed by atoms with Crippen molar-refractivity contribution in [2.75, 3.05) is 13.2 Å². The quantitative estimate of drug-likeness (QED) is 0.0174. The zero-order valence-corrected chi connectivity index (χ0v) is 39.4. The molecule has 8 unspecified atom stereocenters. The number of carbonyl (C=O) groups excluding carboxylic acids is 1. The molecule has 13 nitrogen and oxygen atoms in total. The topological polar surface area (TPSA) is 212 Å². The van der Waals surface area contributed by atoms with E-state index in [2.05, 4.69) is 47.7 Å². The molecule has 0 aliphatic carbocycles. The van der Waals surface area contributed by atoms with E-state index >= 15 is 0 Å². The van der Waals surface area contributed by atoms with Gasteiger partial charge in [-0.15, -0.1) is 0 Å². The molecule has 0 aromatic carbocycles. The van der Waals surface area contributed by atoms with Gasteiger partial charge in [-0.1, -0.05) is 192 Å². The predicted octanol–water partition coefficient (Wildman–Crippen LogP) is 8.86. The van der Waals surface area contributed by atoms with Crippen LogP contribution < -0.4 is 5.32 Å². The van der Waals surface area contributed by atoms with E-state index in [0.29, 0.717) is 12.8 Å². The summed E-state index contributed by atoms with van der Waals surface area (Å²) in [6.45, 7) is 3.20. The van der Waals surface area contributed by atoms with Gasteiger partial charge in [-0.05, 0) is 44.9 Å². The van der Waals surface area contributed by atoms with Crippen LogP contribution in [0.5, 0.6) is 0 Å². The smallest absolute Gasteiger partial charge is 0.394 e. The Hall–Kier alpha value is -1.72. The lowest BCUT2D eigenvalue weighted by Gasteiger charge is -2.41. The molecule has 1 saturated heterocycles. The molecule has 364 valence electrons. The van der Waals surface area contributed by atoms with Crippen molar-refractivity contribution < 1.29 is 57.0 Å². The van der Waals surface area contributed by atoms with Crippen molar-refractivity contribution in [1.82, 2.24) is 5.32 Å². The third-order valence-electron chi connectivity index (χ3n) is 11.5. The highest BCUT2D eigenvalue weighted by atomic mass is 32.3. The summed E-state index contributed by atoms with van der Waals surface area (Å²) >= 11 is 0. The number of carbonyl (C=O) groups is 1. The summed E-state index contributed by atoms with van der Waals surface area (Å²) in [5.41, 5.74) is 0. The molecule has 0 saturated carbocycles. The van der Waals surface area contributed by atoms with Gasteiger partial charge in [-0.2, -0.15) is 8.42 Å². The van der Waals surface area contributed by atoms with Gasteiger partial charge in [0.2, 0.25) is 5.91 Å². The van der Waals surface area contributed by atoms with E-state index in [1.165, 1.54) is 128 Å². The minimum Gasteiger partial charge on any atom is -0.394 e. The van der Waals surface area contributed by atoms with Crippen molar-refractivity contribution >= 4 is 16.3 Å². The highest BCUT2D eigenvalue weighted by Crippen LogP contribution is 2.26. The van der Waals surface area contributed by atoms with E-state index in [-0.39, 0.29) is 6.42 Å². The van der Waals surface area contributed by atoms with Gasteiger partial charge in [-0.3, -0.25) is 9.35 Å². The number of ether oxygens (including phenoxy) is 2. The molecule has 0 aromatic rings. The van der Waals surface area contributed by atoms with E-state index in [4.69, 9.17) is 9.47 Å². The summed E-state index contributed by atoms with van der Waals surface area (Å²) < 4.78 is 47.5. The van der Waals surface area contributed by atoms with E-state index < -0.39 is 78.5 Å². The minimum atomic E-state index is -5.12. The van der Waals surface area contributed by atoms with E-state index in [9.17, 15) is 43.3 Å². The molecule has 1 fully saturated rings. The lowest BCUT2D eigenvalue weighted by Crippen LogP contribution is -2.61. The van der Waals surface area contributed by atoms with Crippen LogP contribution in [0, 0.1) is 0 Å². The lowest BCUT2D eigenvalue weighted by atomic mass is 9.99. The Morgan fingerprint density at radius 1 is 0.645 bits per heavy atom. The van der Waals surface area contributed by atoms with Crippen LogP contribution in [0.15, 0.2) is 36.5 Å². The Labute approximate surface area is 376 Å². The Bertz CT molecular complexity index is 1260. The van der Waals surface area contributed by atoms with Crippen LogP contribution in [0.1, 0.15) is 200 Å². The monoisotopic (exact) mass is 904 g/mol. The van der Waals surface area contributed by atoms with Crippen molar-refractivity contribution in [1.29, 1.82) is 0 Å². The lowest BCUT2D eigenvalue weighted by molar-refractivity contribution is -0.298. The van der Waals surface area contributed by atoms with Gasteiger partial charge >= 0.3 is 10.4 Å². The standard InChI is InChI=1S/C48H89NO12S/c1-3-5-7-9-11-13-15-17-19-20-21-22-23-25-26-28-30-32-34-36-41(51)40(39-59-48-45(54)46(61-62(56,57)58)44(53)43(38-50)60-48)49-47(55)42(52)37-35-33-31-29-27-24-18-16-14-12-10-8-6-4-2/h21-22,26,28,34,36,40-46,48,50-54H,3-20,23-25,27,29-33,35,37-39H2,1-2H3,(H,49,55)(H,56,57,58)/b22-21+,28-26+,36-34+. The van der Waals surface area contributed by atoms with Crippen LogP contribution in [-0.2, 0) is 28.9 Å². The average Bonchev–Trinajstić information content (AvgIpc) is 3.24.